The lowest BCUT2D eigenvalue weighted by Crippen LogP contribution is -2.30. The van der Waals surface area contributed by atoms with Gasteiger partial charge in [-0.2, -0.15) is 0 Å². The molecule has 1 aromatic rings. The molecule has 14 heavy (non-hydrogen) atoms. The van der Waals surface area contributed by atoms with E-state index in [0.29, 0.717) is 11.7 Å². The van der Waals surface area contributed by atoms with Gasteiger partial charge in [0.25, 0.3) is 0 Å². The molecule has 1 aromatic heterocycles. The summed E-state index contributed by atoms with van der Waals surface area (Å²) < 4.78 is 0.805. The summed E-state index contributed by atoms with van der Waals surface area (Å²) in [6.07, 6.45) is 3.14. The Bertz CT molecular complexity index is 293. The average Bonchev–Trinajstić information content (AvgIpc) is 2.16. The molecule has 0 bridgehead atoms. The fourth-order valence-electron chi connectivity index (χ4n) is 1.02. The first-order chi connectivity index (χ1) is 6.65. The Morgan fingerprint density at radius 3 is 2.79 bits per heavy atom. The molecule has 0 aliphatic carbocycles. The predicted molar refractivity (Wildman–Crippen MR) is 59.1 cm³/mol. The Hall–Kier alpha value is -0.680. The van der Waals surface area contributed by atoms with E-state index in [1.54, 1.807) is 6.20 Å². The Morgan fingerprint density at radius 2 is 2.29 bits per heavy atom. The number of aliphatic hydroxyl groups excluding tert-OH is 1. The SMILES string of the molecule is CC(C)[C@@H](CO)Nc1ncncc1Br. The number of halogens is 1. The first-order valence-corrected chi connectivity index (χ1v) is 5.27. The number of aliphatic hydroxyl groups is 1. The third-order valence-corrected chi connectivity index (χ3v) is 2.57. The van der Waals surface area contributed by atoms with Crippen LogP contribution < -0.4 is 5.32 Å². The average molecular weight is 260 g/mol. The van der Waals surface area contributed by atoms with Crippen LogP contribution in [0.2, 0.25) is 0 Å². The van der Waals surface area contributed by atoms with Crippen LogP contribution in [0.3, 0.4) is 0 Å². The maximum atomic E-state index is 9.13. The van der Waals surface area contributed by atoms with Crippen LogP contribution in [-0.2, 0) is 0 Å². The minimum atomic E-state index is 0.0150. The molecular formula is C9H14BrN3O. The molecule has 2 N–H and O–H groups in total. The Labute approximate surface area is 91.9 Å². The van der Waals surface area contributed by atoms with Crippen LogP contribution in [0.15, 0.2) is 17.0 Å². The predicted octanol–water partition coefficient (Wildman–Crippen LogP) is 1.67. The topological polar surface area (TPSA) is 58.0 Å². The number of nitrogens with zero attached hydrogens (tertiary/aromatic N) is 2. The Kier molecular flexibility index (Phi) is 4.28. The van der Waals surface area contributed by atoms with E-state index in [1.165, 1.54) is 6.33 Å². The highest BCUT2D eigenvalue weighted by Gasteiger charge is 2.13. The number of aromatic nitrogens is 2. The molecule has 0 aromatic carbocycles. The van der Waals surface area contributed by atoms with E-state index >= 15 is 0 Å². The summed E-state index contributed by atoms with van der Waals surface area (Å²) in [5, 5.41) is 12.3. The van der Waals surface area contributed by atoms with Crippen LogP contribution in [0.1, 0.15) is 13.8 Å². The molecule has 0 saturated carbocycles. The van der Waals surface area contributed by atoms with Gasteiger partial charge in [0.15, 0.2) is 0 Å². The molecular weight excluding hydrogens is 246 g/mol. The maximum absolute atomic E-state index is 9.13. The van der Waals surface area contributed by atoms with Gasteiger partial charge in [0.2, 0.25) is 0 Å². The highest BCUT2D eigenvalue weighted by atomic mass is 79.9. The van der Waals surface area contributed by atoms with E-state index in [4.69, 9.17) is 5.11 Å². The molecule has 0 unspecified atom stereocenters. The van der Waals surface area contributed by atoms with Crippen molar-refractivity contribution < 1.29 is 5.11 Å². The zero-order valence-corrected chi connectivity index (χ0v) is 9.82. The van der Waals surface area contributed by atoms with Crippen molar-refractivity contribution in [1.29, 1.82) is 0 Å². The molecule has 4 nitrogen and oxygen atoms in total. The number of hydrogen-bond donors (Lipinski definition) is 2. The van der Waals surface area contributed by atoms with Gasteiger partial charge >= 0.3 is 0 Å². The highest BCUT2D eigenvalue weighted by Crippen LogP contribution is 2.19. The second-order valence-electron chi connectivity index (χ2n) is 3.40. The molecule has 5 heteroatoms. The molecule has 1 heterocycles. The number of rotatable bonds is 4. The zero-order chi connectivity index (χ0) is 10.6. The van der Waals surface area contributed by atoms with Crippen molar-refractivity contribution in [3.8, 4) is 0 Å². The van der Waals surface area contributed by atoms with E-state index < -0.39 is 0 Å². The van der Waals surface area contributed by atoms with Crippen molar-refractivity contribution in [2.24, 2.45) is 5.92 Å². The first kappa shape index (κ1) is 11.4. The van der Waals surface area contributed by atoms with Crippen LogP contribution in [0, 0.1) is 5.92 Å². The number of nitrogens with one attached hydrogen (secondary N) is 1. The third kappa shape index (κ3) is 2.92. The van der Waals surface area contributed by atoms with Gasteiger partial charge in [-0.05, 0) is 21.8 Å². The summed E-state index contributed by atoms with van der Waals surface area (Å²) in [5.41, 5.74) is 0. The summed E-state index contributed by atoms with van der Waals surface area (Å²) in [4.78, 5) is 7.93. The summed E-state index contributed by atoms with van der Waals surface area (Å²) in [5.74, 6) is 1.06. The van der Waals surface area contributed by atoms with Gasteiger partial charge < -0.3 is 10.4 Å². The molecule has 0 aliphatic heterocycles. The van der Waals surface area contributed by atoms with E-state index in [1.807, 2.05) is 13.8 Å². The van der Waals surface area contributed by atoms with Crippen molar-refractivity contribution in [3.63, 3.8) is 0 Å². The molecule has 0 spiro atoms. The van der Waals surface area contributed by atoms with Crippen molar-refractivity contribution in [2.75, 3.05) is 11.9 Å². The van der Waals surface area contributed by atoms with Crippen LogP contribution >= 0.6 is 15.9 Å². The molecule has 0 aliphatic rings. The standard InChI is InChI=1S/C9H14BrN3O/c1-6(2)8(4-14)13-9-7(10)3-11-5-12-9/h3,5-6,8,14H,4H2,1-2H3,(H,11,12,13)/t8-/m1/s1. The lowest BCUT2D eigenvalue weighted by atomic mass is 10.1. The fourth-order valence-corrected chi connectivity index (χ4v) is 1.35. The van der Waals surface area contributed by atoms with E-state index in [9.17, 15) is 0 Å². The monoisotopic (exact) mass is 259 g/mol. The van der Waals surface area contributed by atoms with Crippen LogP contribution in [0.25, 0.3) is 0 Å². The van der Waals surface area contributed by atoms with E-state index in [2.05, 4.69) is 31.2 Å². The lowest BCUT2D eigenvalue weighted by Gasteiger charge is -2.20. The molecule has 0 saturated heterocycles. The summed E-state index contributed by atoms with van der Waals surface area (Å²) in [6.45, 7) is 4.18. The molecule has 1 rings (SSSR count). The fraction of sp³-hybridized carbons (Fsp3) is 0.556. The van der Waals surface area contributed by atoms with Crippen LogP contribution in [-0.4, -0.2) is 27.7 Å². The second kappa shape index (κ2) is 5.26. The lowest BCUT2D eigenvalue weighted by molar-refractivity contribution is 0.249. The second-order valence-corrected chi connectivity index (χ2v) is 4.25. The molecule has 0 amide bonds. The Morgan fingerprint density at radius 1 is 1.57 bits per heavy atom. The van der Waals surface area contributed by atoms with Gasteiger partial charge in [0.05, 0.1) is 17.1 Å². The molecule has 0 radical (unpaired) electrons. The Balaban J connectivity index is 2.72. The number of hydrogen-bond acceptors (Lipinski definition) is 4. The van der Waals surface area contributed by atoms with Gasteiger partial charge in [-0.3, -0.25) is 0 Å². The maximum Gasteiger partial charge on any atom is 0.144 e. The van der Waals surface area contributed by atoms with Crippen LogP contribution in [0.5, 0.6) is 0 Å². The quantitative estimate of drug-likeness (QED) is 0.864. The van der Waals surface area contributed by atoms with Crippen molar-refractivity contribution in [3.05, 3.63) is 17.0 Å². The zero-order valence-electron chi connectivity index (χ0n) is 8.24. The van der Waals surface area contributed by atoms with Gasteiger partial charge in [0.1, 0.15) is 12.1 Å². The van der Waals surface area contributed by atoms with E-state index in [0.717, 1.165) is 4.47 Å². The minimum Gasteiger partial charge on any atom is -0.394 e. The third-order valence-electron chi connectivity index (χ3n) is 1.99. The summed E-state index contributed by atoms with van der Waals surface area (Å²) in [7, 11) is 0. The van der Waals surface area contributed by atoms with Gasteiger partial charge in [-0.25, -0.2) is 9.97 Å². The molecule has 78 valence electrons. The summed E-state index contributed by atoms with van der Waals surface area (Å²) >= 11 is 3.33. The van der Waals surface area contributed by atoms with Crippen molar-refractivity contribution >= 4 is 21.7 Å². The first-order valence-electron chi connectivity index (χ1n) is 4.48. The summed E-state index contributed by atoms with van der Waals surface area (Å²) in [6, 6.07) is 0.0150. The highest BCUT2D eigenvalue weighted by molar-refractivity contribution is 9.10. The van der Waals surface area contributed by atoms with Crippen LogP contribution in [0.4, 0.5) is 5.82 Å². The minimum absolute atomic E-state index is 0.0150. The molecule has 1 atom stereocenters. The van der Waals surface area contributed by atoms with Gasteiger partial charge in [-0.1, -0.05) is 13.8 Å². The van der Waals surface area contributed by atoms with Gasteiger partial charge in [0, 0.05) is 6.20 Å². The smallest absolute Gasteiger partial charge is 0.144 e. The normalized spacial score (nSPS) is 12.9. The van der Waals surface area contributed by atoms with Gasteiger partial charge in [-0.15, -0.1) is 0 Å². The number of anilines is 1. The molecule has 0 fully saturated rings. The van der Waals surface area contributed by atoms with E-state index in [-0.39, 0.29) is 12.6 Å². The van der Waals surface area contributed by atoms with Crippen molar-refractivity contribution in [2.45, 2.75) is 19.9 Å². The van der Waals surface area contributed by atoms with Crippen molar-refractivity contribution in [1.82, 2.24) is 9.97 Å². The largest absolute Gasteiger partial charge is 0.394 e.